The van der Waals surface area contributed by atoms with Gasteiger partial charge in [-0.05, 0) is 26.0 Å². The van der Waals surface area contributed by atoms with Crippen LogP contribution in [-0.2, 0) is 9.84 Å². The lowest BCUT2D eigenvalue weighted by Crippen LogP contribution is -2.46. The molecule has 0 bridgehead atoms. The molecule has 1 aliphatic rings. The lowest BCUT2D eigenvalue weighted by molar-refractivity contribution is 0.568. The highest BCUT2D eigenvalue weighted by molar-refractivity contribution is 7.92. The topological polar surface area (TPSA) is 63.2 Å². The van der Waals surface area contributed by atoms with E-state index in [1.165, 1.54) is 0 Å². The molecule has 1 fully saturated rings. The van der Waals surface area contributed by atoms with Crippen molar-refractivity contribution in [2.24, 2.45) is 0 Å². The van der Waals surface area contributed by atoms with E-state index in [0.29, 0.717) is 13.1 Å². The van der Waals surface area contributed by atoms with E-state index >= 15 is 0 Å². The highest BCUT2D eigenvalue weighted by Gasteiger charge is 2.30. The number of para-hydroxylation sites is 2. The van der Waals surface area contributed by atoms with Crippen LogP contribution in [0.2, 0.25) is 0 Å². The molecule has 2 aromatic rings. The van der Waals surface area contributed by atoms with Crippen molar-refractivity contribution in [2.75, 3.05) is 23.7 Å². The Morgan fingerprint density at radius 2 is 1.85 bits per heavy atom. The van der Waals surface area contributed by atoms with Gasteiger partial charge >= 0.3 is 0 Å². The number of rotatable bonds is 1. The van der Waals surface area contributed by atoms with Gasteiger partial charge in [0.2, 0.25) is 0 Å². The Balaban J connectivity index is 2.00. The second kappa shape index (κ2) is 4.70. The molecule has 0 aliphatic carbocycles. The summed E-state index contributed by atoms with van der Waals surface area (Å²) in [6.07, 6.45) is 0. The van der Waals surface area contributed by atoms with E-state index in [1.54, 1.807) is 6.92 Å². The second-order valence-corrected chi connectivity index (χ2v) is 7.78. The molecule has 20 heavy (non-hydrogen) atoms. The van der Waals surface area contributed by atoms with Crippen LogP contribution in [0.15, 0.2) is 24.3 Å². The minimum Gasteiger partial charge on any atom is -0.353 e. The number of aromatic nitrogens is 2. The van der Waals surface area contributed by atoms with Gasteiger partial charge in [0.25, 0.3) is 0 Å². The van der Waals surface area contributed by atoms with Crippen LogP contribution in [0.4, 0.5) is 5.82 Å². The van der Waals surface area contributed by atoms with Crippen molar-refractivity contribution in [3.8, 4) is 0 Å². The number of aryl methyl sites for hydroxylation is 1. The van der Waals surface area contributed by atoms with Crippen molar-refractivity contribution in [1.82, 2.24) is 9.97 Å². The second-order valence-electron chi connectivity index (χ2n) is 5.24. The molecule has 1 saturated heterocycles. The van der Waals surface area contributed by atoms with Crippen LogP contribution in [0.1, 0.15) is 12.6 Å². The maximum Gasteiger partial charge on any atom is 0.156 e. The predicted molar refractivity (Wildman–Crippen MR) is 79.7 cm³/mol. The molecule has 0 amide bonds. The van der Waals surface area contributed by atoms with Crippen molar-refractivity contribution in [1.29, 1.82) is 0 Å². The standard InChI is InChI=1S/C14H17N3O2S/c1-10-9-17(7-8-20(10,18)19)14-11(2)15-12-5-3-4-6-13(12)16-14/h3-6,10H,7-9H2,1-2H3/t10-/m0/s1. The van der Waals surface area contributed by atoms with Crippen LogP contribution in [0.25, 0.3) is 11.0 Å². The highest BCUT2D eigenvalue weighted by atomic mass is 32.2. The number of hydrogen-bond acceptors (Lipinski definition) is 5. The summed E-state index contributed by atoms with van der Waals surface area (Å²) in [6, 6.07) is 7.73. The van der Waals surface area contributed by atoms with E-state index < -0.39 is 9.84 Å². The molecule has 0 N–H and O–H groups in total. The molecule has 1 aromatic carbocycles. The summed E-state index contributed by atoms with van der Waals surface area (Å²) in [4.78, 5) is 11.2. The van der Waals surface area contributed by atoms with Crippen LogP contribution in [0.3, 0.4) is 0 Å². The third-order valence-electron chi connectivity index (χ3n) is 3.76. The average Bonchev–Trinajstić information content (AvgIpc) is 2.41. The summed E-state index contributed by atoms with van der Waals surface area (Å²) >= 11 is 0. The molecule has 0 saturated carbocycles. The number of hydrogen-bond donors (Lipinski definition) is 0. The zero-order valence-electron chi connectivity index (χ0n) is 11.6. The molecule has 0 spiro atoms. The molecular formula is C14H17N3O2S. The third-order valence-corrected chi connectivity index (χ3v) is 5.88. The molecule has 1 aromatic heterocycles. The first-order chi connectivity index (χ1) is 9.47. The van der Waals surface area contributed by atoms with E-state index in [-0.39, 0.29) is 11.0 Å². The van der Waals surface area contributed by atoms with Crippen LogP contribution >= 0.6 is 0 Å². The Hall–Kier alpha value is -1.69. The first kappa shape index (κ1) is 13.3. The fourth-order valence-electron chi connectivity index (χ4n) is 2.52. The zero-order valence-corrected chi connectivity index (χ0v) is 12.4. The van der Waals surface area contributed by atoms with Crippen LogP contribution in [-0.4, -0.2) is 42.5 Å². The summed E-state index contributed by atoms with van der Waals surface area (Å²) < 4.78 is 23.6. The van der Waals surface area contributed by atoms with Gasteiger partial charge < -0.3 is 4.90 Å². The number of sulfone groups is 1. The molecule has 106 valence electrons. The van der Waals surface area contributed by atoms with Crippen molar-refractivity contribution in [3.63, 3.8) is 0 Å². The minimum absolute atomic E-state index is 0.183. The molecule has 3 rings (SSSR count). The Morgan fingerprint density at radius 3 is 2.50 bits per heavy atom. The van der Waals surface area contributed by atoms with E-state index in [9.17, 15) is 8.42 Å². The lowest BCUT2D eigenvalue weighted by atomic mass is 10.2. The van der Waals surface area contributed by atoms with Gasteiger partial charge in [-0.1, -0.05) is 12.1 Å². The maximum atomic E-state index is 11.8. The van der Waals surface area contributed by atoms with Gasteiger partial charge in [0.05, 0.1) is 27.7 Å². The van der Waals surface area contributed by atoms with E-state index in [0.717, 1.165) is 22.5 Å². The Kier molecular flexibility index (Phi) is 3.12. The molecular weight excluding hydrogens is 274 g/mol. The third kappa shape index (κ3) is 2.24. The van der Waals surface area contributed by atoms with Gasteiger partial charge in [-0.3, -0.25) is 0 Å². The van der Waals surface area contributed by atoms with Crippen LogP contribution < -0.4 is 4.90 Å². The van der Waals surface area contributed by atoms with Crippen LogP contribution in [0, 0.1) is 6.92 Å². The van der Waals surface area contributed by atoms with Gasteiger partial charge in [-0.25, -0.2) is 18.4 Å². The molecule has 1 aliphatic heterocycles. The first-order valence-corrected chi connectivity index (χ1v) is 8.39. The summed E-state index contributed by atoms with van der Waals surface area (Å²) in [5.74, 6) is 0.979. The van der Waals surface area contributed by atoms with Crippen molar-refractivity contribution >= 4 is 26.7 Å². The summed E-state index contributed by atoms with van der Waals surface area (Å²) in [5.41, 5.74) is 2.55. The van der Waals surface area contributed by atoms with Crippen LogP contribution in [0.5, 0.6) is 0 Å². The predicted octanol–water partition coefficient (Wildman–Crippen LogP) is 1.56. The normalized spacial score (nSPS) is 22.1. The number of benzene rings is 1. The summed E-state index contributed by atoms with van der Waals surface area (Å²) in [7, 11) is -2.95. The van der Waals surface area contributed by atoms with Gasteiger partial charge in [0.15, 0.2) is 15.7 Å². The summed E-state index contributed by atoms with van der Waals surface area (Å²) in [6.45, 7) is 4.64. The van der Waals surface area contributed by atoms with Crippen molar-refractivity contribution in [3.05, 3.63) is 30.0 Å². The van der Waals surface area contributed by atoms with E-state index in [2.05, 4.69) is 9.97 Å². The lowest BCUT2D eigenvalue weighted by Gasteiger charge is -2.32. The fraction of sp³-hybridized carbons (Fsp3) is 0.429. The summed E-state index contributed by atoms with van der Waals surface area (Å²) in [5, 5.41) is -0.357. The zero-order chi connectivity index (χ0) is 14.3. The van der Waals surface area contributed by atoms with Gasteiger partial charge in [0.1, 0.15) is 0 Å². The minimum atomic E-state index is -2.95. The molecule has 5 nitrogen and oxygen atoms in total. The highest BCUT2D eigenvalue weighted by Crippen LogP contribution is 2.23. The molecule has 0 unspecified atom stereocenters. The number of fused-ring (bicyclic) bond motifs is 1. The molecule has 6 heteroatoms. The van der Waals surface area contributed by atoms with Gasteiger partial charge in [-0.2, -0.15) is 0 Å². The van der Waals surface area contributed by atoms with Crippen molar-refractivity contribution in [2.45, 2.75) is 19.1 Å². The monoisotopic (exact) mass is 291 g/mol. The Bertz CT molecular complexity index is 758. The van der Waals surface area contributed by atoms with E-state index in [4.69, 9.17) is 0 Å². The SMILES string of the molecule is Cc1nc2ccccc2nc1N1CCS(=O)(=O)[C@@H](C)C1. The first-order valence-electron chi connectivity index (χ1n) is 6.67. The quantitative estimate of drug-likeness (QED) is 0.798. The largest absolute Gasteiger partial charge is 0.353 e. The van der Waals surface area contributed by atoms with Crippen molar-refractivity contribution < 1.29 is 8.42 Å². The fourth-order valence-corrected chi connectivity index (χ4v) is 3.81. The molecule has 1 atom stereocenters. The smallest absolute Gasteiger partial charge is 0.156 e. The average molecular weight is 291 g/mol. The van der Waals surface area contributed by atoms with E-state index in [1.807, 2.05) is 36.1 Å². The number of nitrogens with zero attached hydrogens (tertiary/aromatic N) is 3. The maximum absolute atomic E-state index is 11.8. The Morgan fingerprint density at radius 1 is 1.20 bits per heavy atom. The molecule has 0 radical (unpaired) electrons. The van der Waals surface area contributed by atoms with Gasteiger partial charge in [0, 0.05) is 13.1 Å². The van der Waals surface area contributed by atoms with Gasteiger partial charge in [-0.15, -0.1) is 0 Å². The Labute approximate surface area is 118 Å². The molecule has 2 heterocycles. The number of anilines is 1.